The standard InChI is InChI=1S/C21H18N8O3/c1-27-8-22-20-18(27)21(30)29(9-23-20)7-16-25-19(26-32-16)17-12-5-28(6-13(12)17)11-2-3-14-15(4-11)31-10-24-14/h2-4,8-10,12-13,17H,5-7H2,1H3/i9D. The van der Waals surface area contributed by atoms with Crippen molar-refractivity contribution in [3.63, 3.8) is 0 Å². The van der Waals surface area contributed by atoms with E-state index in [0.717, 1.165) is 29.9 Å². The predicted octanol–water partition coefficient (Wildman–Crippen LogP) is 1.55. The van der Waals surface area contributed by atoms with Gasteiger partial charge in [-0.25, -0.2) is 15.0 Å². The number of rotatable bonds is 4. The lowest BCUT2D eigenvalue weighted by atomic mass is 10.2. The summed E-state index contributed by atoms with van der Waals surface area (Å²) in [6, 6.07) is 6.07. The molecule has 32 heavy (non-hydrogen) atoms. The van der Waals surface area contributed by atoms with Crippen LogP contribution in [0.4, 0.5) is 5.69 Å². The summed E-state index contributed by atoms with van der Waals surface area (Å²) in [7, 11) is 1.72. The summed E-state index contributed by atoms with van der Waals surface area (Å²) < 4.78 is 21.8. The molecule has 1 saturated heterocycles. The van der Waals surface area contributed by atoms with Crippen LogP contribution in [0.15, 0.2) is 51.0 Å². The van der Waals surface area contributed by atoms with Gasteiger partial charge in [0.05, 0.1) is 6.33 Å². The number of aromatic nitrogens is 7. The van der Waals surface area contributed by atoms with Crippen LogP contribution in [0.1, 0.15) is 19.0 Å². The highest BCUT2D eigenvalue weighted by molar-refractivity contribution is 5.77. The van der Waals surface area contributed by atoms with Crippen molar-refractivity contribution in [2.75, 3.05) is 18.0 Å². The molecule has 1 aliphatic heterocycles. The van der Waals surface area contributed by atoms with Crippen molar-refractivity contribution in [2.24, 2.45) is 18.9 Å². The number of fused-ring (bicyclic) bond motifs is 3. The average Bonchev–Trinajstić information content (AvgIpc) is 3.38. The Balaban J connectivity index is 1.08. The highest BCUT2D eigenvalue weighted by Gasteiger charge is 2.58. The molecular formula is C21H18N8O3. The van der Waals surface area contributed by atoms with Gasteiger partial charge >= 0.3 is 0 Å². The molecule has 7 rings (SSSR count). The number of anilines is 1. The van der Waals surface area contributed by atoms with Gasteiger partial charge < -0.3 is 18.4 Å². The molecule has 5 aromatic rings. The average molecular weight is 431 g/mol. The molecule has 11 nitrogen and oxygen atoms in total. The van der Waals surface area contributed by atoms with E-state index in [-0.39, 0.29) is 30.0 Å². The summed E-state index contributed by atoms with van der Waals surface area (Å²) >= 11 is 0. The minimum absolute atomic E-state index is 0.00413. The summed E-state index contributed by atoms with van der Waals surface area (Å²) in [5.41, 5.74) is 3.01. The van der Waals surface area contributed by atoms with Gasteiger partial charge in [-0.1, -0.05) is 5.16 Å². The van der Waals surface area contributed by atoms with Crippen LogP contribution in [-0.4, -0.2) is 47.3 Å². The first-order valence-corrected chi connectivity index (χ1v) is 10.4. The maximum atomic E-state index is 12.8. The third kappa shape index (κ3) is 2.53. The molecule has 11 heteroatoms. The van der Waals surface area contributed by atoms with Crippen LogP contribution in [0.25, 0.3) is 22.3 Å². The van der Waals surface area contributed by atoms with Crippen molar-refractivity contribution in [3.05, 3.63) is 59.3 Å². The van der Waals surface area contributed by atoms with E-state index in [9.17, 15) is 4.79 Å². The van der Waals surface area contributed by atoms with Crippen LogP contribution < -0.4 is 10.5 Å². The molecule has 2 fully saturated rings. The molecule has 4 aromatic heterocycles. The Labute approximate surface area is 181 Å². The highest BCUT2D eigenvalue weighted by atomic mass is 16.5. The summed E-state index contributed by atoms with van der Waals surface area (Å²) in [4.78, 5) is 32.0. The Morgan fingerprint density at radius 1 is 1.22 bits per heavy atom. The lowest BCUT2D eigenvalue weighted by Gasteiger charge is -2.21. The van der Waals surface area contributed by atoms with Crippen molar-refractivity contribution >= 4 is 28.0 Å². The Hall–Kier alpha value is -4.02. The normalized spacial score (nSPS) is 22.6. The van der Waals surface area contributed by atoms with Gasteiger partial charge in [0.25, 0.3) is 5.56 Å². The van der Waals surface area contributed by atoms with Gasteiger partial charge in [-0.15, -0.1) is 0 Å². The third-order valence-electron chi connectivity index (χ3n) is 6.59. The van der Waals surface area contributed by atoms with Crippen LogP contribution in [0.3, 0.4) is 0 Å². The monoisotopic (exact) mass is 431 g/mol. The van der Waals surface area contributed by atoms with Gasteiger partial charge in [-0.05, 0) is 24.0 Å². The summed E-state index contributed by atoms with van der Waals surface area (Å²) in [6.07, 6.45) is 2.78. The number of hydrogen-bond donors (Lipinski definition) is 0. The maximum absolute atomic E-state index is 12.8. The summed E-state index contributed by atoms with van der Waals surface area (Å²) in [5, 5.41) is 4.18. The smallest absolute Gasteiger partial charge is 0.280 e. The van der Waals surface area contributed by atoms with Crippen molar-refractivity contribution < 1.29 is 10.3 Å². The molecule has 0 N–H and O–H groups in total. The Bertz CT molecular complexity index is 1590. The van der Waals surface area contributed by atoms with Crippen LogP contribution in [0, 0.1) is 11.8 Å². The Kier molecular flexibility index (Phi) is 3.25. The number of nitrogens with zero attached hydrogens (tertiary/aromatic N) is 8. The fourth-order valence-electron chi connectivity index (χ4n) is 4.90. The van der Waals surface area contributed by atoms with Crippen LogP contribution in [-0.2, 0) is 13.6 Å². The summed E-state index contributed by atoms with van der Waals surface area (Å²) in [5.74, 6) is 2.13. The van der Waals surface area contributed by atoms with Crippen molar-refractivity contribution in [3.8, 4) is 0 Å². The molecular weight excluding hydrogens is 412 g/mol. The molecule has 1 saturated carbocycles. The van der Waals surface area contributed by atoms with Crippen LogP contribution in [0.2, 0.25) is 0 Å². The summed E-state index contributed by atoms with van der Waals surface area (Å²) in [6.45, 7) is 1.83. The van der Waals surface area contributed by atoms with Crippen molar-refractivity contribution in [1.82, 2.24) is 34.2 Å². The van der Waals surface area contributed by atoms with Gasteiger partial charge in [0.1, 0.15) is 19.7 Å². The molecule has 2 unspecified atom stereocenters. The SMILES string of the molecule is [2H]c1nc2ncn(C)c2c(=O)n1Cc1nc(C2C3CN(c4ccc5ncoc5c4)CC32)no1. The molecule has 1 aromatic carbocycles. The van der Waals surface area contributed by atoms with Crippen molar-refractivity contribution in [2.45, 2.75) is 12.5 Å². The zero-order valence-corrected chi connectivity index (χ0v) is 17.0. The number of oxazole rings is 1. The molecule has 160 valence electrons. The number of imidazole rings is 1. The largest absolute Gasteiger partial charge is 0.443 e. The molecule has 0 spiro atoms. The van der Waals surface area contributed by atoms with Crippen molar-refractivity contribution in [1.29, 1.82) is 0 Å². The van der Waals surface area contributed by atoms with E-state index in [1.54, 1.807) is 11.6 Å². The van der Waals surface area contributed by atoms with E-state index in [1.807, 2.05) is 12.1 Å². The number of benzene rings is 1. The fourth-order valence-corrected chi connectivity index (χ4v) is 4.90. The van der Waals surface area contributed by atoms with Gasteiger partial charge in [-0.3, -0.25) is 9.36 Å². The first-order chi connectivity index (χ1) is 16.1. The number of hydrogen-bond acceptors (Lipinski definition) is 9. The molecule has 2 atom stereocenters. The number of piperidine rings is 1. The molecule has 0 amide bonds. The lowest BCUT2D eigenvalue weighted by Crippen LogP contribution is -2.23. The number of aryl methyl sites for hydroxylation is 1. The van der Waals surface area contributed by atoms with Gasteiger partial charge in [0, 0.05) is 37.8 Å². The van der Waals surface area contributed by atoms with Crippen LogP contribution >= 0.6 is 0 Å². The molecule has 1 aliphatic carbocycles. The predicted molar refractivity (Wildman–Crippen MR) is 112 cm³/mol. The fraction of sp³-hybridized carbons (Fsp3) is 0.333. The molecule has 0 radical (unpaired) electrons. The van der Waals surface area contributed by atoms with E-state index in [2.05, 4.69) is 36.1 Å². The highest BCUT2D eigenvalue weighted by Crippen LogP contribution is 2.58. The van der Waals surface area contributed by atoms with Crippen LogP contribution in [0.5, 0.6) is 0 Å². The topological polar surface area (TPSA) is 121 Å². The van der Waals surface area contributed by atoms with Gasteiger partial charge in [0.2, 0.25) is 5.89 Å². The third-order valence-corrected chi connectivity index (χ3v) is 6.59. The first-order valence-electron chi connectivity index (χ1n) is 10.9. The van der Waals surface area contributed by atoms with E-state index < -0.39 is 0 Å². The second-order valence-electron chi connectivity index (χ2n) is 8.44. The Morgan fingerprint density at radius 2 is 2.09 bits per heavy atom. The van der Waals surface area contributed by atoms with E-state index in [1.165, 1.54) is 17.3 Å². The van der Waals surface area contributed by atoms with E-state index >= 15 is 0 Å². The van der Waals surface area contributed by atoms with E-state index in [4.69, 9.17) is 10.3 Å². The second kappa shape index (κ2) is 6.25. The Morgan fingerprint density at radius 3 is 2.97 bits per heavy atom. The molecule has 0 bridgehead atoms. The minimum Gasteiger partial charge on any atom is -0.443 e. The second-order valence-corrected chi connectivity index (χ2v) is 8.44. The molecule has 2 aliphatic rings. The zero-order chi connectivity index (χ0) is 22.3. The maximum Gasteiger partial charge on any atom is 0.280 e. The quantitative estimate of drug-likeness (QED) is 0.417. The zero-order valence-electron chi connectivity index (χ0n) is 18.0. The minimum atomic E-state index is -0.354. The first kappa shape index (κ1) is 16.6. The van der Waals surface area contributed by atoms with Gasteiger partial charge in [0.15, 0.2) is 29.0 Å². The lowest BCUT2D eigenvalue weighted by molar-refractivity contribution is 0.363. The van der Waals surface area contributed by atoms with Gasteiger partial charge in [-0.2, -0.15) is 4.98 Å². The van der Waals surface area contributed by atoms with E-state index in [0.29, 0.717) is 29.1 Å². The molecule has 5 heterocycles.